The van der Waals surface area contributed by atoms with Crippen molar-refractivity contribution in [3.05, 3.63) is 58.1 Å². The quantitative estimate of drug-likeness (QED) is 0.885. The molecular weight excluding hydrogens is 304 g/mol. The van der Waals surface area contributed by atoms with E-state index in [9.17, 15) is 8.78 Å². The molecule has 1 N–H and O–H groups in total. The monoisotopic (exact) mass is 313 g/mol. The molecule has 1 unspecified atom stereocenters. The third-order valence-electron chi connectivity index (χ3n) is 2.56. The fourth-order valence-corrected chi connectivity index (χ4v) is 2.06. The van der Waals surface area contributed by atoms with Crippen LogP contribution in [0.5, 0.6) is 0 Å². The molecule has 2 rings (SSSR count). The maximum absolute atomic E-state index is 14.0. The standard InChI is InChI=1S/C12H10BrF2N3/c1-16-12(9-4-5-17-6-18-9)10-8(14)3-2-7(13)11(10)15/h2-6,12,16H,1H3. The second-order valence-corrected chi connectivity index (χ2v) is 4.47. The van der Waals surface area contributed by atoms with Gasteiger partial charge in [0, 0.05) is 11.8 Å². The highest BCUT2D eigenvalue weighted by atomic mass is 79.9. The lowest BCUT2D eigenvalue weighted by atomic mass is 10.0. The fourth-order valence-electron chi connectivity index (χ4n) is 1.72. The van der Waals surface area contributed by atoms with Gasteiger partial charge in [-0.3, -0.25) is 0 Å². The van der Waals surface area contributed by atoms with Crippen molar-refractivity contribution in [3.8, 4) is 0 Å². The minimum Gasteiger partial charge on any atom is -0.308 e. The SMILES string of the molecule is CNC(c1ccncn1)c1c(F)ccc(Br)c1F. The molecule has 0 aliphatic heterocycles. The average molecular weight is 314 g/mol. The number of halogens is 3. The Morgan fingerprint density at radius 1 is 1.28 bits per heavy atom. The second-order valence-electron chi connectivity index (χ2n) is 3.61. The Balaban J connectivity index is 2.56. The van der Waals surface area contributed by atoms with Crippen molar-refractivity contribution in [1.29, 1.82) is 0 Å². The number of hydrogen-bond donors (Lipinski definition) is 1. The molecule has 1 aromatic heterocycles. The van der Waals surface area contributed by atoms with Crippen LogP contribution in [-0.4, -0.2) is 17.0 Å². The van der Waals surface area contributed by atoms with E-state index in [0.29, 0.717) is 5.69 Å². The summed E-state index contributed by atoms with van der Waals surface area (Å²) in [6, 6.07) is 3.50. The van der Waals surface area contributed by atoms with Gasteiger partial charge in [-0.05, 0) is 41.2 Å². The molecule has 1 heterocycles. The van der Waals surface area contributed by atoms with Crippen molar-refractivity contribution in [1.82, 2.24) is 15.3 Å². The smallest absolute Gasteiger partial charge is 0.145 e. The zero-order valence-electron chi connectivity index (χ0n) is 9.49. The van der Waals surface area contributed by atoms with Gasteiger partial charge in [-0.1, -0.05) is 0 Å². The molecule has 3 nitrogen and oxygen atoms in total. The predicted octanol–water partition coefficient (Wildman–Crippen LogP) is 2.83. The zero-order chi connectivity index (χ0) is 13.1. The Hall–Kier alpha value is -1.40. The molecule has 94 valence electrons. The van der Waals surface area contributed by atoms with Crippen molar-refractivity contribution in [2.24, 2.45) is 0 Å². The van der Waals surface area contributed by atoms with E-state index in [-0.39, 0.29) is 10.0 Å². The number of rotatable bonds is 3. The van der Waals surface area contributed by atoms with E-state index in [4.69, 9.17) is 0 Å². The Kier molecular flexibility index (Phi) is 3.98. The van der Waals surface area contributed by atoms with Gasteiger partial charge in [0.15, 0.2) is 0 Å². The minimum absolute atomic E-state index is 0.0643. The Morgan fingerprint density at radius 3 is 2.67 bits per heavy atom. The van der Waals surface area contributed by atoms with Crippen LogP contribution in [0.25, 0.3) is 0 Å². The van der Waals surface area contributed by atoms with Gasteiger partial charge in [-0.2, -0.15) is 0 Å². The van der Waals surface area contributed by atoms with Crippen molar-refractivity contribution in [2.45, 2.75) is 6.04 Å². The molecule has 0 saturated heterocycles. The Morgan fingerprint density at radius 2 is 2.06 bits per heavy atom. The van der Waals surface area contributed by atoms with Crippen molar-refractivity contribution < 1.29 is 8.78 Å². The largest absolute Gasteiger partial charge is 0.308 e. The van der Waals surface area contributed by atoms with Gasteiger partial charge in [0.2, 0.25) is 0 Å². The molecule has 0 saturated carbocycles. The lowest BCUT2D eigenvalue weighted by Crippen LogP contribution is -2.21. The van der Waals surface area contributed by atoms with Crippen LogP contribution >= 0.6 is 15.9 Å². The van der Waals surface area contributed by atoms with Crippen LogP contribution in [0, 0.1) is 11.6 Å². The molecule has 0 spiro atoms. The molecule has 0 radical (unpaired) electrons. The molecule has 1 aromatic carbocycles. The highest BCUT2D eigenvalue weighted by Crippen LogP contribution is 2.29. The topological polar surface area (TPSA) is 37.8 Å². The molecule has 18 heavy (non-hydrogen) atoms. The Labute approximate surface area is 111 Å². The molecule has 6 heteroatoms. The van der Waals surface area contributed by atoms with E-state index in [1.54, 1.807) is 13.1 Å². The van der Waals surface area contributed by atoms with E-state index in [1.807, 2.05) is 0 Å². The van der Waals surface area contributed by atoms with Crippen LogP contribution in [0.2, 0.25) is 0 Å². The van der Waals surface area contributed by atoms with E-state index >= 15 is 0 Å². The summed E-state index contributed by atoms with van der Waals surface area (Å²) in [6.07, 6.45) is 2.87. The molecule has 0 aliphatic carbocycles. The first-order valence-electron chi connectivity index (χ1n) is 5.21. The second kappa shape index (κ2) is 5.49. The summed E-state index contributed by atoms with van der Waals surface area (Å²) in [7, 11) is 1.62. The molecule has 0 aliphatic rings. The van der Waals surface area contributed by atoms with Crippen molar-refractivity contribution in [3.63, 3.8) is 0 Å². The third-order valence-corrected chi connectivity index (χ3v) is 3.17. The summed E-state index contributed by atoms with van der Waals surface area (Å²) in [5, 5.41) is 2.85. The summed E-state index contributed by atoms with van der Waals surface area (Å²) >= 11 is 3.05. The van der Waals surface area contributed by atoms with E-state index in [1.165, 1.54) is 24.7 Å². The van der Waals surface area contributed by atoms with Crippen LogP contribution in [0.4, 0.5) is 8.78 Å². The summed E-state index contributed by atoms with van der Waals surface area (Å²) in [5.74, 6) is -1.25. The maximum Gasteiger partial charge on any atom is 0.145 e. The van der Waals surface area contributed by atoms with Crippen LogP contribution in [0.15, 0.2) is 35.2 Å². The number of hydrogen-bond acceptors (Lipinski definition) is 3. The first kappa shape index (κ1) is 13.0. The summed E-state index contributed by atoms with van der Waals surface area (Å²) in [5.41, 5.74) is 0.439. The molecule has 0 bridgehead atoms. The fraction of sp³-hybridized carbons (Fsp3) is 0.167. The highest BCUT2D eigenvalue weighted by Gasteiger charge is 2.23. The maximum atomic E-state index is 14.0. The molecule has 0 amide bonds. The summed E-state index contributed by atoms with van der Waals surface area (Å²) < 4.78 is 28.0. The van der Waals surface area contributed by atoms with Gasteiger partial charge in [0.05, 0.1) is 16.2 Å². The molecular formula is C12H10BrF2N3. The van der Waals surface area contributed by atoms with Gasteiger partial charge < -0.3 is 5.32 Å². The lowest BCUT2D eigenvalue weighted by Gasteiger charge is -2.17. The zero-order valence-corrected chi connectivity index (χ0v) is 11.1. The highest BCUT2D eigenvalue weighted by molar-refractivity contribution is 9.10. The Bertz CT molecular complexity index is 549. The van der Waals surface area contributed by atoms with Crippen LogP contribution in [0.3, 0.4) is 0 Å². The number of benzene rings is 1. The first-order chi connectivity index (χ1) is 8.65. The molecule has 0 fully saturated rings. The molecule has 2 aromatic rings. The normalized spacial score (nSPS) is 12.4. The van der Waals surface area contributed by atoms with Gasteiger partial charge in [-0.25, -0.2) is 18.7 Å². The van der Waals surface area contributed by atoms with Crippen molar-refractivity contribution >= 4 is 15.9 Å². The number of aromatic nitrogens is 2. The number of nitrogens with one attached hydrogen (secondary N) is 1. The van der Waals surface area contributed by atoms with Crippen LogP contribution < -0.4 is 5.32 Å². The van der Waals surface area contributed by atoms with E-state index < -0.39 is 17.7 Å². The van der Waals surface area contributed by atoms with Gasteiger partial charge in [0.25, 0.3) is 0 Å². The predicted molar refractivity (Wildman–Crippen MR) is 67.0 cm³/mol. The average Bonchev–Trinajstić information content (AvgIpc) is 2.40. The minimum atomic E-state index is -0.662. The first-order valence-corrected chi connectivity index (χ1v) is 6.01. The van der Waals surface area contributed by atoms with Gasteiger partial charge in [0.1, 0.15) is 18.0 Å². The summed E-state index contributed by atoms with van der Waals surface area (Å²) in [4.78, 5) is 7.80. The van der Waals surface area contributed by atoms with Crippen molar-refractivity contribution in [2.75, 3.05) is 7.05 Å². The third kappa shape index (κ3) is 2.39. The van der Waals surface area contributed by atoms with Gasteiger partial charge in [-0.15, -0.1) is 0 Å². The molecule has 1 atom stereocenters. The number of nitrogens with zero attached hydrogens (tertiary/aromatic N) is 2. The van der Waals surface area contributed by atoms with Gasteiger partial charge >= 0.3 is 0 Å². The van der Waals surface area contributed by atoms with Crippen LogP contribution in [-0.2, 0) is 0 Å². The van der Waals surface area contributed by atoms with Crippen LogP contribution in [0.1, 0.15) is 17.3 Å². The van der Waals surface area contributed by atoms with E-state index in [0.717, 1.165) is 0 Å². The summed E-state index contributed by atoms with van der Waals surface area (Å²) in [6.45, 7) is 0. The van der Waals surface area contributed by atoms with E-state index in [2.05, 4.69) is 31.2 Å². The lowest BCUT2D eigenvalue weighted by molar-refractivity contribution is 0.514.